The first-order valence-electron chi connectivity index (χ1n) is 9.02. The molecule has 3 aliphatic heterocycles. The van der Waals surface area contributed by atoms with Crippen molar-refractivity contribution >= 4 is 6.02 Å². The maximum absolute atomic E-state index is 14.2. The van der Waals surface area contributed by atoms with Gasteiger partial charge >= 0.3 is 0 Å². The van der Waals surface area contributed by atoms with Crippen LogP contribution in [0.3, 0.4) is 0 Å². The van der Waals surface area contributed by atoms with Gasteiger partial charge in [0.25, 0.3) is 6.02 Å². The van der Waals surface area contributed by atoms with E-state index in [0.717, 1.165) is 17.7 Å². The Bertz CT molecular complexity index is 950. The first kappa shape index (κ1) is 16.5. The van der Waals surface area contributed by atoms with Gasteiger partial charge < -0.3 is 19.9 Å². The van der Waals surface area contributed by atoms with E-state index in [1.54, 1.807) is 12.1 Å². The smallest absolute Gasteiger partial charge is 0.283 e. The van der Waals surface area contributed by atoms with E-state index in [9.17, 15) is 4.39 Å². The fourth-order valence-corrected chi connectivity index (χ4v) is 4.52. The van der Waals surface area contributed by atoms with Crippen LogP contribution in [0.2, 0.25) is 0 Å². The fraction of sp³-hybridized carbons (Fsp3) is 0.400. The first-order valence-corrected chi connectivity index (χ1v) is 9.02. The van der Waals surface area contributed by atoms with Gasteiger partial charge in [0.15, 0.2) is 0 Å². The molecule has 0 bridgehead atoms. The van der Waals surface area contributed by atoms with Crippen LogP contribution in [0.4, 0.5) is 4.39 Å². The molecule has 1 spiro atoms. The van der Waals surface area contributed by atoms with E-state index in [4.69, 9.17) is 24.9 Å². The molecule has 0 saturated carbocycles. The summed E-state index contributed by atoms with van der Waals surface area (Å²) in [7, 11) is 0. The lowest BCUT2D eigenvalue weighted by molar-refractivity contribution is -0.129. The zero-order valence-corrected chi connectivity index (χ0v) is 14.9. The van der Waals surface area contributed by atoms with Gasteiger partial charge in [-0.1, -0.05) is 6.07 Å². The fourth-order valence-electron chi connectivity index (χ4n) is 4.52. The van der Waals surface area contributed by atoms with E-state index in [1.165, 1.54) is 6.20 Å². The Kier molecular flexibility index (Phi) is 3.46. The Hall–Kier alpha value is -2.67. The zero-order chi connectivity index (χ0) is 18.6. The maximum Gasteiger partial charge on any atom is 0.283 e. The van der Waals surface area contributed by atoms with Crippen LogP contribution in [0.1, 0.15) is 18.9 Å². The van der Waals surface area contributed by atoms with Crippen LogP contribution in [-0.2, 0) is 15.0 Å². The SMILES string of the molecule is C[C@]12CCOC[C@H]1[C@]1(COC(N)=N1)c1cc(-c3cccnc3F)ccc1O2. The summed E-state index contributed by atoms with van der Waals surface area (Å²) in [5.74, 6) is 0.159. The lowest BCUT2D eigenvalue weighted by Gasteiger charge is -2.52. The van der Waals surface area contributed by atoms with Crippen molar-refractivity contribution in [3.63, 3.8) is 0 Å². The number of hydrogen-bond donors (Lipinski definition) is 1. The van der Waals surface area contributed by atoms with E-state index in [2.05, 4.69) is 11.9 Å². The van der Waals surface area contributed by atoms with Gasteiger partial charge in [-0.15, -0.1) is 0 Å². The third-order valence-electron chi connectivity index (χ3n) is 5.95. The molecule has 1 saturated heterocycles. The van der Waals surface area contributed by atoms with Gasteiger partial charge in [-0.3, -0.25) is 0 Å². The molecule has 0 aliphatic carbocycles. The van der Waals surface area contributed by atoms with Crippen molar-refractivity contribution < 1.29 is 18.6 Å². The molecule has 3 atom stereocenters. The van der Waals surface area contributed by atoms with E-state index in [0.29, 0.717) is 30.9 Å². The van der Waals surface area contributed by atoms with Gasteiger partial charge in [0.2, 0.25) is 5.95 Å². The number of benzene rings is 1. The molecule has 1 aromatic carbocycles. The van der Waals surface area contributed by atoms with E-state index < -0.39 is 17.1 Å². The highest BCUT2D eigenvalue weighted by molar-refractivity contribution is 5.75. The number of fused-ring (bicyclic) bond motifs is 4. The number of nitrogens with zero attached hydrogens (tertiary/aromatic N) is 2. The third-order valence-corrected chi connectivity index (χ3v) is 5.95. The molecule has 2 aromatic rings. The Balaban J connectivity index is 1.71. The molecule has 3 aliphatic rings. The quantitative estimate of drug-likeness (QED) is 0.782. The lowest BCUT2D eigenvalue weighted by Crippen LogP contribution is -2.59. The number of pyridine rings is 1. The molecule has 0 amide bonds. The molecule has 6 nitrogen and oxygen atoms in total. The van der Waals surface area contributed by atoms with Crippen molar-refractivity contribution in [1.82, 2.24) is 4.98 Å². The second-order valence-corrected chi connectivity index (χ2v) is 7.51. The summed E-state index contributed by atoms with van der Waals surface area (Å²) in [5.41, 5.74) is 6.76. The summed E-state index contributed by atoms with van der Waals surface area (Å²) in [4.78, 5) is 8.47. The molecular weight excluding hydrogens is 349 g/mol. The third kappa shape index (κ3) is 2.34. The maximum atomic E-state index is 14.2. The highest BCUT2D eigenvalue weighted by Gasteiger charge is 2.59. The molecule has 4 heterocycles. The van der Waals surface area contributed by atoms with Crippen molar-refractivity contribution in [1.29, 1.82) is 0 Å². The van der Waals surface area contributed by atoms with Crippen LogP contribution in [-0.4, -0.2) is 36.4 Å². The van der Waals surface area contributed by atoms with Crippen LogP contribution >= 0.6 is 0 Å². The summed E-state index contributed by atoms with van der Waals surface area (Å²) >= 11 is 0. The summed E-state index contributed by atoms with van der Waals surface area (Å²) in [6.45, 7) is 3.54. The Morgan fingerprint density at radius 3 is 2.96 bits per heavy atom. The minimum atomic E-state index is -0.707. The van der Waals surface area contributed by atoms with Gasteiger partial charge in [-0.2, -0.15) is 4.39 Å². The number of aromatic nitrogens is 1. The van der Waals surface area contributed by atoms with Crippen molar-refractivity contribution in [2.45, 2.75) is 24.5 Å². The summed E-state index contributed by atoms with van der Waals surface area (Å²) in [6.07, 6.45) is 2.19. The Morgan fingerprint density at radius 1 is 1.30 bits per heavy atom. The molecule has 0 unspecified atom stereocenters. The largest absolute Gasteiger partial charge is 0.487 e. The number of nitrogens with two attached hydrogens (primary N) is 1. The Morgan fingerprint density at radius 2 is 2.19 bits per heavy atom. The monoisotopic (exact) mass is 369 g/mol. The molecular formula is C20H20FN3O3. The molecule has 1 fully saturated rings. The van der Waals surface area contributed by atoms with Crippen LogP contribution in [0.15, 0.2) is 41.5 Å². The average molecular weight is 369 g/mol. The van der Waals surface area contributed by atoms with Gasteiger partial charge in [0, 0.05) is 23.7 Å². The van der Waals surface area contributed by atoms with Crippen LogP contribution in [0.25, 0.3) is 11.1 Å². The lowest BCUT2D eigenvalue weighted by atomic mass is 9.66. The molecule has 1 aromatic heterocycles. The highest BCUT2D eigenvalue weighted by Crippen LogP contribution is 2.54. The van der Waals surface area contributed by atoms with Crippen LogP contribution in [0, 0.1) is 11.9 Å². The van der Waals surface area contributed by atoms with E-state index in [1.807, 2.05) is 18.2 Å². The summed E-state index contributed by atoms with van der Waals surface area (Å²) in [5, 5.41) is 0. The number of aliphatic imine (C=N–C) groups is 1. The second kappa shape index (κ2) is 5.66. The molecule has 2 N–H and O–H groups in total. The molecule has 140 valence electrons. The van der Waals surface area contributed by atoms with Crippen molar-refractivity contribution in [3.8, 4) is 16.9 Å². The van der Waals surface area contributed by atoms with Crippen molar-refractivity contribution in [2.75, 3.05) is 19.8 Å². The average Bonchev–Trinajstić information content (AvgIpc) is 3.04. The van der Waals surface area contributed by atoms with Crippen molar-refractivity contribution in [3.05, 3.63) is 48.0 Å². The standard InChI is InChI=1S/C20H20FN3O3/c1-19-6-8-25-10-16(19)20(11-26-18(22)24-20)14-9-12(4-5-15(14)27-19)13-3-2-7-23-17(13)21/h2-5,7,9,16H,6,8,10-11H2,1H3,(H2,22,24)/t16-,19+,20+/m1/s1. The molecule has 5 rings (SSSR count). The number of halogens is 1. The zero-order valence-electron chi connectivity index (χ0n) is 14.9. The predicted octanol–water partition coefficient (Wildman–Crippen LogP) is 2.62. The van der Waals surface area contributed by atoms with E-state index >= 15 is 0 Å². The van der Waals surface area contributed by atoms with Gasteiger partial charge in [-0.05, 0) is 36.8 Å². The number of ether oxygens (including phenoxy) is 3. The van der Waals surface area contributed by atoms with Crippen LogP contribution < -0.4 is 10.5 Å². The van der Waals surface area contributed by atoms with Crippen LogP contribution in [0.5, 0.6) is 5.75 Å². The summed E-state index contributed by atoms with van der Waals surface area (Å²) < 4.78 is 32.0. The summed E-state index contributed by atoms with van der Waals surface area (Å²) in [6, 6.07) is 9.21. The normalized spacial score (nSPS) is 31.5. The Labute approximate surface area is 156 Å². The van der Waals surface area contributed by atoms with Crippen molar-refractivity contribution in [2.24, 2.45) is 16.6 Å². The predicted molar refractivity (Wildman–Crippen MR) is 96.8 cm³/mol. The van der Waals surface area contributed by atoms with Gasteiger partial charge in [0.05, 0.1) is 19.1 Å². The highest BCUT2D eigenvalue weighted by atomic mass is 19.1. The number of hydrogen-bond acceptors (Lipinski definition) is 6. The molecule has 27 heavy (non-hydrogen) atoms. The number of rotatable bonds is 1. The second-order valence-electron chi connectivity index (χ2n) is 7.51. The minimum absolute atomic E-state index is 0.0544. The van der Waals surface area contributed by atoms with E-state index in [-0.39, 0.29) is 11.9 Å². The molecule has 0 radical (unpaired) electrons. The first-order chi connectivity index (χ1) is 13.0. The topological polar surface area (TPSA) is 79.0 Å². The molecule has 7 heteroatoms. The number of amidine groups is 1. The van der Waals surface area contributed by atoms with Gasteiger partial charge in [0.1, 0.15) is 23.5 Å². The van der Waals surface area contributed by atoms with Gasteiger partial charge in [-0.25, -0.2) is 9.98 Å². The minimum Gasteiger partial charge on any atom is -0.487 e.